The fraction of sp³-hybridized carbons (Fsp3) is 0.208. The summed E-state index contributed by atoms with van der Waals surface area (Å²) in [6.45, 7) is 1.85. The number of carbonyl (C=O) groups excluding carboxylic acids is 2. The molecule has 2 aromatic carbocycles. The lowest BCUT2D eigenvalue weighted by Crippen LogP contribution is -2.47. The molecule has 0 unspecified atom stereocenters. The highest BCUT2D eigenvalue weighted by atomic mass is 16.5. The van der Waals surface area contributed by atoms with Crippen LogP contribution >= 0.6 is 0 Å². The van der Waals surface area contributed by atoms with Crippen LogP contribution in [0.1, 0.15) is 16.7 Å². The highest BCUT2D eigenvalue weighted by molar-refractivity contribution is 6.07. The van der Waals surface area contributed by atoms with Crippen molar-refractivity contribution in [3.05, 3.63) is 71.3 Å². The molecular weight excluding hydrogens is 378 g/mol. The Morgan fingerprint density at radius 1 is 1.17 bits per heavy atom. The van der Waals surface area contributed by atoms with Gasteiger partial charge in [0.1, 0.15) is 6.54 Å². The predicted molar refractivity (Wildman–Crippen MR) is 114 cm³/mol. The van der Waals surface area contributed by atoms with Crippen molar-refractivity contribution in [3.63, 3.8) is 0 Å². The van der Waals surface area contributed by atoms with Crippen molar-refractivity contribution >= 4 is 23.6 Å². The summed E-state index contributed by atoms with van der Waals surface area (Å²) in [5.74, 6) is 2.01. The van der Waals surface area contributed by atoms with E-state index < -0.39 is 0 Å². The molecule has 1 fully saturated rings. The number of benzene rings is 2. The molecule has 6 nitrogen and oxygen atoms in total. The van der Waals surface area contributed by atoms with Gasteiger partial charge in [0.2, 0.25) is 5.91 Å². The number of hydrogen-bond acceptors (Lipinski definition) is 4. The van der Waals surface area contributed by atoms with Crippen molar-refractivity contribution < 1.29 is 14.3 Å². The average molecular weight is 399 g/mol. The lowest BCUT2D eigenvalue weighted by molar-refractivity contribution is -0.134. The molecule has 30 heavy (non-hydrogen) atoms. The Balaban J connectivity index is 1.87. The molecule has 0 saturated carbocycles. The second-order valence-electron chi connectivity index (χ2n) is 6.64. The third-order valence-electron chi connectivity index (χ3n) is 4.73. The van der Waals surface area contributed by atoms with Gasteiger partial charge in [0.15, 0.2) is 0 Å². The third kappa shape index (κ3) is 5.14. The van der Waals surface area contributed by atoms with E-state index in [-0.39, 0.29) is 18.4 Å². The largest absolute Gasteiger partial charge is 0.378 e. The summed E-state index contributed by atoms with van der Waals surface area (Å²) < 4.78 is 5.29. The molecule has 0 spiro atoms. The molecule has 0 atom stereocenters. The molecular formula is C24H21N3O3. The monoisotopic (exact) mass is 399 g/mol. The molecule has 0 aromatic heterocycles. The molecule has 2 aromatic rings. The molecule has 1 heterocycles. The second-order valence-corrected chi connectivity index (χ2v) is 6.64. The van der Waals surface area contributed by atoms with Gasteiger partial charge >= 0.3 is 0 Å². The van der Waals surface area contributed by atoms with Crippen molar-refractivity contribution in [2.45, 2.75) is 0 Å². The summed E-state index contributed by atoms with van der Waals surface area (Å²) in [5, 5.41) is 9.23. The molecule has 2 amide bonds. The van der Waals surface area contributed by atoms with Gasteiger partial charge in [-0.2, -0.15) is 5.26 Å². The number of anilines is 1. The number of rotatable bonds is 5. The third-order valence-corrected chi connectivity index (χ3v) is 4.73. The summed E-state index contributed by atoms with van der Waals surface area (Å²) in [6, 6.07) is 16.0. The van der Waals surface area contributed by atoms with Gasteiger partial charge < -0.3 is 9.64 Å². The van der Waals surface area contributed by atoms with Gasteiger partial charge in [0, 0.05) is 30.4 Å². The quantitative estimate of drug-likeness (QED) is 0.572. The van der Waals surface area contributed by atoms with E-state index in [2.05, 4.69) is 12.0 Å². The minimum absolute atomic E-state index is 0.114. The normalized spacial score (nSPS) is 13.5. The van der Waals surface area contributed by atoms with Gasteiger partial charge in [0.25, 0.3) is 5.91 Å². The number of carbonyl (C=O) groups is 2. The van der Waals surface area contributed by atoms with Crippen LogP contribution in [-0.2, 0) is 14.3 Å². The molecule has 3 rings (SSSR count). The molecule has 1 aliphatic heterocycles. The van der Waals surface area contributed by atoms with Crippen LogP contribution in [0.2, 0.25) is 0 Å². The molecule has 0 radical (unpaired) electrons. The maximum Gasteiger partial charge on any atom is 0.251 e. The van der Waals surface area contributed by atoms with Gasteiger partial charge in [-0.15, -0.1) is 6.42 Å². The minimum atomic E-state index is -0.376. The summed E-state index contributed by atoms with van der Waals surface area (Å²) in [5.41, 5.74) is 2.25. The Hall–Kier alpha value is -3.87. The molecule has 0 aliphatic carbocycles. The molecule has 6 heteroatoms. The number of nitrogens with zero attached hydrogens (tertiary/aromatic N) is 3. The van der Waals surface area contributed by atoms with Crippen LogP contribution in [0.15, 0.2) is 54.6 Å². The Bertz CT molecular complexity index is 1040. The average Bonchev–Trinajstić information content (AvgIpc) is 2.81. The Morgan fingerprint density at radius 3 is 2.67 bits per heavy atom. The number of ether oxygens (including phenoxy) is 1. The summed E-state index contributed by atoms with van der Waals surface area (Å²) in [6.07, 6.45) is 8.44. The lowest BCUT2D eigenvalue weighted by Gasteiger charge is -2.29. The summed E-state index contributed by atoms with van der Waals surface area (Å²) in [7, 11) is 0. The van der Waals surface area contributed by atoms with Gasteiger partial charge in [-0.3, -0.25) is 14.5 Å². The van der Waals surface area contributed by atoms with Gasteiger partial charge in [-0.05, 0) is 35.9 Å². The second kappa shape index (κ2) is 10.1. The Labute approximate surface area is 176 Å². The maximum absolute atomic E-state index is 13.0. The zero-order valence-electron chi connectivity index (χ0n) is 16.5. The first-order valence-electron chi connectivity index (χ1n) is 9.53. The number of amides is 2. The summed E-state index contributed by atoms with van der Waals surface area (Å²) >= 11 is 0. The number of morpholine rings is 1. The van der Waals surface area contributed by atoms with E-state index in [4.69, 9.17) is 11.2 Å². The number of hydrogen-bond donors (Lipinski definition) is 0. The van der Waals surface area contributed by atoms with Crippen LogP contribution in [0, 0.1) is 23.7 Å². The summed E-state index contributed by atoms with van der Waals surface area (Å²) in [4.78, 5) is 28.9. The standard InChI is InChI=1S/C24H21N3O3/c1-2-19-6-5-9-22(16-19)27(18-24(29)26-12-14-30-15-13-26)23(28)11-10-20-7-3-4-8-21(20)17-25/h1,3-11,16H,12-15,18H2/b11-10+. The van der Waals surface area contributed by atoms with E-state index in [0.29, 0.717) is 48.7 Å². The van der Waals surface area contributed by atoms with Crippen LogP contribution in [-0.4, -0.2) is 49.6 Å². The molecule has 1 saturated heterocycles. The maximum atomic E-state index is 13.0. The van der Waals surface area contributed by atoms with E-state index in [9.17, 15) is 14.9 Å². The lowest BCUT2D eigenvalue weighted by atomic mass is 10.1. The van der Waals surface area contributed by atoms with E-state index >= 15 is 0 Å². The zero-order valence-corrected chi connectivity index (χ0v) is 16.5. The predicted octanol–water partition coefficient (Wildman–Crippen LogP) is 2.44. The topological polar surface area (TPSA) is 73.6 Å². The first-order valence-corrected chi connectivity index (χ1v) is 9.53. The van der Waals surface area contributed by atoms with Crippen LogP contribution in [0.25, 0.3) is 6.08 Å². The SMILES string of the molecule is C#Cc1cccc(N(CC(=O)N2CCOCC2)C(=O)/C=C/c2ccccc2C#N)c1. The van der Waals surface area contributed by atoms with Gasteiger partial charge in [0.05, 0.1) is 24.8 Å². The van der Waals surface area contributed by atoms with Crippen LogP contribution in [0.5, 0.6) is 0 Å². The Kier molecular flexibility index (Phi) is 7.00. The first-order chi connectivity index (χ1) is 14.6. The van der Waals surface area contributed by atoms with Crippen molar-refractivity contribution in [1.29, 1.82) is 5.26 Å². The van der Waals surface area contributed by atoms with Crippen molar-refractivity contribution in [1.82, 2.24) is 4.90 Å². The zero-order chi connectivity index (χ0) is 21.3. The van der Waals surface area contributed by atoms with E-state index in [1.54, 1.807) is 59.5 Å². The van der Waals surface area contributed by atoms with Crippen LogP contribution in [0.4, 0.5) is 5.69 Å². The molecule has 0 bridgehead atoms. The smallest absolute Gasteiger partial charge is 0.251 e. The van der Waals surface area contributed by atoms with E-state index in [1.807, 2.05) is 0 Å². The highest BCUT2D eigenvalue weighted by Gasteiger charge is 2.23. The Morgan fingerprint density at radius 2 is 1.93 bits per heavy atom. The van der Waals surface area contributed by atoms with Gasteiger partial charge in [-0.1, -0.05) is 30.2 Å². The van der Waals surface area contributed by atoms with Crippen LogP contribution < -0.4 is 4.90 Å². The highest BCUT2D eigenvalue weighted by Crippen LogP contribution is 2.18. The fourth-order valence-electron chi connectivity index (χ4n) is 3.10. The van der Waals surface area contributed by atoms with Crippen molar-refractivity contribution in [2.24, 2.45) is 0 Å². The van der Waals surface area contributed by atoms with E-state index in [1.165, 1.54) is 11.0 Å². The van der Waals surface area contributed by atoms with Crippen LogP contribution in [0.3, 0.4) is 0 Å². The first kappa shape index (κ1) is 20.9. The number of nitriles is 1. The molecule has 0 N–H and O–H groups in total. The molecule has 1 aliphatic rings. The van der Waals surface area contributed by atoms with Crippen molar-refractivity contribution in [2.75, 3.05) is 37.7 Å². The number of terminal acetylenes is 1. The fourth-order valence-corrected chi connectivity index (χ4v) is 3.10. The molecule has 150 valence electrons. The van der Waals surface area contributed by atoms with Gasteiger partial charge in [-0.25, -0.2) is 0 Å². The van der Waals surface area contributed by atoms with Crippen molar-refractivity contribution in [3.8, 4) is 18.4 Å². The van der Waals surface area contributed by atoms with E-state index in [0.717, 1.165) is 0 Å². The minimum Gasteiger partial charge on any atom is -0.378 e.